The van der Waals surface area contributed by atoms with Crippen molar-refractivity contribution in [3.05, 3.63) is 29.4 Å². The van der Waals surface area contributed by atoms with Gasteiger partial charge < -0.3 is 20.7 Å². The predicted molar refractivity (Wildman–Crippen MR) is 99.1 cm³/mol. The molecule has 24 heavy (non-hydrogen) atoms. The van der Waals surface area contributed by atoms with Crippen LogP contribution in [0, 0.1) is 5.92 Å². The fraction of sp³-hybridized carbons (Fsp3) is 0.389. The Kier molecular flexibility index (Phi) is 3.88. The lowest BCUT2D eigenvalue weighted by Gasteiger charge is -2.26. The van der Waals surface area contributed by atoms with Crippen LogP contribution in [0.5, 0.6) is 5.75 Å². The van der Waals surface area contributed by atoms with Crippen LogP contribution in [-0.2, 0) is 0 Å². The molecule has 1 aromatic heterocycles. The van der Waals surface area contributed by atoms with Gasteiger partial charge in [-0.2, -0.15) is 0 Å². The van der Waals surface area contributed by atoms with Crippen molar-refractivity contribution in [1.29, 1.82) is 0 Å². The summed E-state index contributed by atoms with van der Waals surface area (Å²) in [4.78, 5) is 6.61. The summed E-state index contributed by atoms with van der Waals surface area (Å²) in [5, 5.41) is 3.95. The topological polar surface area (TPSA) is 63.4 Å². The lowest BCUT2D eigenvalue weighted by atomic mass is 10.1. The number of nitrogens with two attached hydrogens (primary N) is 1. The molecule has 1 saturated carbocycles. The van der Waals surface area contributed by atoms with Crippen LogP contribution < -0.4 is 20.7 Å². The smallest absolute Gasteiger partial charge is 0.171 e. The van der Waals surface area contributed by atoms with Crippen LogP contribution in [0.2, 0.25) is 5.02 Å². The van der Waals surface area contributed by atoms with Gasteiger partial charge >= 0.3 is 0 Å². The number of hydrogen-bond donors (Lipinski definition) is 2. The molecule has 4 rings (SSSR count). The summed E-state index contributed by atoms with van der Waals surface area (Å²) >= 11 is 6.53. The molecule has 1 aliphatic carbocycles. The van der Waals surface area contributed by atoms with E-state index in [9.17, 15) is 0 Å². The highest BCUT2D eigenvalue weighted by atomic mass is 35.5. The quantitative estimate of drug-likeness (QED) is 0.829. The van der Waals surface area contributed by atoms with Crippen molar-refractivity contribution in [2.24, 2.45) is 5.92 Å². The number of ether oxygens (including phenoxy) is 1. The average Bonchev–Trinajstić information content (AvgIpc) is 3.40. The number of aromatic nitrogens is 1. The molecule has 0 amide bonds. The highest BCUT2D eigenvalue weighted by Gasteiger charge is 2.22. The second-order valence-electron chi connectivity index (χ2n) is 6.53. The van der Waals surface area contributed by atoms with E-state index in [1.165, 1.54) is 12.8 Å². The molecule has 0 atom stereocenters. The average molecular weight is 345 g/mol. The maximum absolute atomic E-state index is 6.53. The molecule has 5 nitrogen and oxygen atoms in total. The first-order valence-electron chi connectivity index (χ1n) is 8.29. The van der Waals surface area contributed by atoms with E-state index in [1.807, 2.05) is 31.4 Å². The van der Waals surface area contributed by atoms with Gasteiger partial charge in [0, 0.05) is 30.9 Å². The van der Waals surface area contributed by atoms with E-state index in [1.54, 1.807) is 0 Å². The number of nitrogen functional groups attached to an aromatic ring is 1. The summed E-state index contributed by atoms with van der Waals surface area (Å²) in [5.74, 6) is 2.42. The molecule has 2 aliphatic rings. The van der Waals surface area contributed by atoms with Crippen molar-refractivity contribution < 1.29 is 4.74 Å². The molecule has 1 fully saturated rings. The molecule has 3 N–H and O–H groups in total. The Morgan fingerprint density at radius 1 is 1.42 bits per heavy atom. The molecular weight excluding hydrogens is 324 g/mol. The highest BCUT2D eigenvalue weighted by molar-refractivity contribution is 6.36. The second kappa shape index (κ2) is 6.06. The minimum atomic E-state index is 0.557. The van der Waals surface area contributed by atoms with Gasteiger partial charge in [-0.25, -0.2) is 4.98 Å². The van der Waals surface area contributed by atoms with E-state index < -0.39 is 0 Å². The largest absolute Gasteiger partial charge is 0.488 e. The van der Waals surface area contributed by atoms with Crippen LogP contribution in [-0.4, -0.2) is 31.7 Å². The number of fused-ring (bicyclic) bond motifs is 1. The molecular formula is C18H21ClN4O. The molecule has 0 unspecified atom stereocenters. The third kappa shape index (κ3) is 2.84. The first kappa shape index (κ1) is 15.4. The SMILES string of the molecule is CN1CCOc2cc(-c3ccc(NCC4CC4)c(N)c3Cl)cnc21. The molecule has 2 aromatic rings. The number of rotatable bonds is 4. The Morgan fingerprint density at radius 2 is 2.25 bits per heavy atom. The number of nitrogens with one attached hydrogen (secondary N) is 1. The molecule has 1 aromatic carbocycles. The van der Waals surface area contributed by atoms with Crippen molar-refractivity contribution in [1.82, 2.24) is 4.98 Å². The molecule has 0 spiro atoms. The molecule has 6 heteroatoms. The molecule has 1 aliphatic heterocycles. The van der Waals surface area contributed by atoms with Crippen LogP contribution >= 0.6 is 11.6 Å². The normalized spacial score (nSPS) is 16.5. The number of pyridine rings is 1. The first-order chi connectivity index (χ1) is 11.6. The highest BCUT2D eigenvalue weighted by Crippen LogP contribution is 2.40. The number of nitrogens with zero attached hydrogens (tertiary/aromatic N) is 2. The molecule has 0 saturated heterocycles. The molecule has 0 radical (unpaired) electrons. The third-order valence-corrected chi connectivity index (χ3v) is 5.05. The van der Waals surface area contributed by atoms with Crippen LogP contribution in [0.3, 0.4) is 0 Å². The second-order valence-corrected chi connectivity index (χ2v) is 6.91. The van der Waals surface area contributed by atoms with Gasteiger partial charge in [0.15, 0.2) is 11.6 Å². The van der Waals surface area contributed by atoms with Gasteiger partial charge in [-0.15, -0.1) is 0 Å². The van der Waals surface area contributed by atoms with E-state index in [0.717, 1.165) is 47.4 Å². The van der Waals surface area contributed by atoms with Crippen LogP contribution in [0.25, 0.3) is 11.1 Å². The predicted octanol–water partition coefficient (Wildman–Crippen LogP) is 3.63. The Morgan fingerprint density at radius 3 is 3.04 bits per heavy atom. The summed E-state index contributed by atoms with van der Waals surface area (Å²) < 4.78 is 5.73. The van der Waals surface area contributed by atoms with Gasteiger partial charge in [0.2, 0.25) is 0 Å². The minimum absolute atomic E-state index is 0.557. The van der Waals surface area contributed by atoms with Gasteiger partial charge in [0.25, 0.3) is 0 Å². The number of hydrogen-bond acceptors (Lipinski definition) is 5. The molecule has 2 heterocycles. The Balaban J connectivity index is 1.65. The van der Waals surface area contributed by atoms with E-state index in [2.05, 4.69) is 15.2 Å². The van der Waals surface area contributed by atoms with Crippen LogP contribution in [0.4, 0.5) is 17.2 Å². The Hall–Kier alpha value is -2.14. The lowest BCUT2D eigenvalue weighted by Crippen LogP contribution is -2.29. The Labute approximate surface area is 146 Å². The van der Waals surface area contributed by atoms with Crippen LogP contribution in [0.15, 0.2) is 24.4 Å². The molecule has 126 valence electrons. The zero-order valence-corrected chi connectivity index (χ0v) is 14.4. The summed E-state index contributed by atoms with van der Waals surface area (Å²) in [6.07, 6.45) is 4.42. The standard InChI is InChI=1S/C18H21ClN4O/c1-23-6-7-24-15-8-12(10-22-18(15)23)13-4-5-14(17(20)16(13)19)21-9-11-2-3-11/h4-5,8,10-11,21H,2-3,6-7,9,20H2,1H3. The van der Waals surface area contributed by atoms with Crippen molar-refractivity contribution in [2.75, 3.05) is 42.7 Å². The fourth-order valence-corrected chi connectivity index (χ4v) is 3.20. The summed E-state index contributed by atoms with van der Waals surface area (Å²) in [5.41, 5.74) is 9.51. The Bertz CT molecular complexity index is 776. The van der Waals surface area contributed by atoms with Crippen molar-refractivity contribution in [3.8, 4) is 16.9 Å². The fourth-order valence-electron chi connectivity index (χ4n) is 2.92. The van der Waals surface area contributed by atoms with Gasteiger partial charge in [0.05, 0.1) is 22.9 Å². The lowest BCUT2D eigenvalue weighted by molar-refractivity contribution is 0.309. The maximum atomic E-state index is 6.53. The van der Waals surface area contributed by atoms with E-state index in [-0.39, 0.29) is 0 Å². The van der Waals surface area contributed by atoms with Gasteiger partial charge in [-0.05, 0) is 30.9 Å². The van der Waals surface area contributed by atoms with E-state index in [4.69, 9.17) is 22.1 Å². The number of anilines is 3. The minimum Gasteiger partial charge on any atom is -0.488 e. The van der Waals surface area contributed by atoms with Gasteiger partial charge in [0.1, 0.15) is 6.61 Å². The summed E-state index contributed by atoms with van der Waals surface area (Å²) in [6.45, 7) is 2.46. The number of benzene rings is 1. The van der Waals surface area contributed by atoms with Gasteiger partial charge in [-0.3, -0.25) is 0 Å². The van der Waals surface area contributed by atoms with E-state index >= 15 is 0 Å². The maximum Gasteiger partial charge on any atom is 0.171 e. The van der Waals surface area contributed by atoms with Crippen LogP contribution in [0.1, 0.15) is 12.8 Å². The zero-order chi connectivity index (χ0) is 16.7. The first-order valence-corrected chi connectivity index (χ1v) is 8.67. The number of likely N-dealkylation sites (N-methyl/N-ethyl adjacent to an activating group) is 1. The summed E-state index contributed by atoms with van der Waals surface area (Å²) in [6, 6.07) is 5.96. The third-order valence-electron chi connectivity index (χ3n) is 4.65. The summed E-state index contributed by atoms with van der Waals surface area (Å²) in [7, 11) is 2.01. The van der Waals surface area contributed by atoms with Crippen molar-refractivity contribution in [3.63, 3.8) is 0 Å². The van der Waals surface area contributed by atoms with E-state index in [0.29, 0.717) is 17.3 Å². The van der Waals surface area contributed by atoms with Crippen molar-refractivity contribution >= 4 is 28.8 Å². The zero-order valence-electron chi connectivity index (χ0n) is 13.7. The number of halogens is 1. The van der Waals surface area contributed by atoms with Crippen molar-refractivity contribution in [2.45, 2.75) is 12.8 Å². The van der Waals surface area contributed by atoms with Gasteiger partial charge in [-0.1, -0.05) is 17.7 Å². The monoisotopic (exact) mass is 344 g/mol. The molecule has 0 bridgehead atoms.